The van der Waals surface area contributed by atoms with Crippen LogP contribution in [0.2, 0.25) is 5.02 Å². The van der Waals surface area contributed by atoms with E-state index in [9.17, 15) is 0 Å². The van der Waals surface area contributed by atoms with Gasteiger partial charge in [-0.2, -0.15) is 5.10 Å². The molecule has 0 N–H and O–H groups in total. The van der Waals surface area contributed by atoms with E-state index in [0.717, 1.165) is 23.0 Å². The van der Waals surface area contributed by atoms with Crippen molar-refractivity contribution in [2.75, 3.05) is 13.2 Å². The number of fused-ring (bicyclic) bond motifs is 1. The molecule has 130 valence electrons. The Labute approximate surface area is 151 Å². The summed E-state index contributed by atoms with van der Waals surface area (Å²) < 4.78 is 13.1. The highest BCUT2D eigenvalue weighted by molar-refractivity contribution is 6.32. The number of nitrogens with zero attached hydrogens (tertiary/aromatic N) is 3. The van der Waals surface area contributed by atoms with Crippen LogP contribution >= 0.6 is 11.6 Å². The Morgan fingerprint density at radius 1 is 1.20 bits per heavy atom. The van der Waals surface area contributed by atoms with Crippen LogP contribution in [0.1, 0.15) is 25.8 Å². The van der Waals surface area contributed by atoms with Gasteiger partial charge in [0.25, 0.3) is 0 Å². The third kappa shape index (κ3) is 3.94. The Morgan fingerprint density at radius 3 is 2.84 bits per heavy atom. The molecule has 6 heteroatoms. The minimum Gasteiger partial charge on any atom is -0.490 e. The number of rotatable bonds is 7. The summed E-state index contributed by atoms with van der Waals surface area (Å²) in [6.45, 7) is 5.10. The van der Waals surface area contributed by atoms with Crippen LogP contribution in [-0.4, -0.2) is 29.1 Å². The molecule has 0 atom stereocenters. The summed E-state index contributed by atoms with van der Waals surface area (Å²) in [5, 5.41) is 4.98. The van der Waals surface area contributed by atoms with Crippen molar-refractivity contribution in [2.45, 2.75) is 20.3 Å². The first-order chi connectivity index (χ1) is 12.2. The molecule has 0 bridgehead atoms. The third-order valence-corrected chi connectivity index (χ3v) is 3.83. The average molecular weight is 358 g/mol. The molecule has 0 aliphatic carbocycles. The molecule has 1 heterocycles. The van der Waals surface area contributed by atoms with Crippen molar-refractivity contribution < 1.29 is 9.47 Å². The molecule has 0 amide bonds. The Bertz CT molecular complexity index is 890. The lowest BCUT2D eigenvalue weighted by Gasteiger charge is -2.13. The molecule has 5 nitrogen and oxygen atoms in total. The number of benzene rings is 2. The first kappa shape index (κ1) is 17.3. The third-order valence-electron chi connectivity index (χ3n) is 3.55. The Balaban J connectivity index is 1.91. The van der Waals surface area contributed by atoms with Crippen molar-refractivity contribution in [3.63, 3.8) is 0 Å². The number of para-hydroxylation sites is 2. The molecule has 0 aliphatic heterocycles. The molecule has 0 aliphatic rings. The molecule has 3 aromatic rings. The van der Waals surface area contributed by atoms with Crippen LogP contribution in [0.3, 0.4) is 0 Å². The second-order valence-electron chi connectivity index (χ2n) is 5.43. The molecule has 0 spiro atoms. The first-order valence-electron chi connectivity index (χ1n) is 8.28. The van der Waals surface area contributed by atoms with Crippen LogP contribution in [0.25, 0.3) is 11.0 Å². The smallest absolute Gasteiger partial charge is 0.179 e. The second kappa shape index (κ2) is 8.03. The van der Waals surface area contributed by atoms with Crippen LogP contribution in [-0.2, 0) is 0 Å². The fourth-order valence-electron chi connectivity index (χ4n) is 2.44. The van der Waals surface area contributed by atoms with Crippen molar-refractivity contribution in [3.8, 4) is 11.5 Å². The zero-order chi connectivity index (χ0) is 17.6. The van der Waals surface area contributed by atoms with Crippen LogP contribution in [0.4, 0.5) is 0 Å². The minimum absolute atomic E-state index is 0.510. The number of imidazole rings is 1. The predicted molar refractivity (Wildman–Crippen MR) is 101 cm³/mol. The van der Waals surface area contributed by atoms with Gasteiger partial charge in [0, 0.05) is 0 Å². The van der Waals surface area contributed by atoms with Gasteiger partial charge in [0.2, 0.25) is 0 Å². The largest absolute Gasteiger partial charge is 0.490 e. The highest BCUT2D eigenvalue weighted by atomic mass is 35.5. The van der Waals surface area contributed by atoms with Crippen LogP contribution in [0.5, 0.6) is 11.5 Å². The molecule has 0 saturated heterocycles. The van der Waals surface area contributed by atoms with E-state index in [4.69, 9.17) is 21.1 Å². The normalized spacial score (nSPS) is 11.3. The van der Waals surface area contributed by atoms with Gasteiger partial charge in [-0.25, -0.2) is 9.66 Å². The summed E-state index contributed by atoms with van der Waals surface area (Å²) in [5.41, 5.74) is 2.67. The van der Waals surface area contributed by atoms with E-state index in [-0.39, 0.29) is 0 Å². The second-order valence-corrected chi connectivity index (χ2v) is 5.84. The lowest BCUT2D eigenvalue weighted by Crippen LogP contribution is -2.02. The summed E-state index contributed by atoms with van der Waals surface area (Å²) in [5.74, 6) is 1.20. The molecule has 0 saturated carbocycles. The highest BCUT2D eigenvalue weighted by Gasteiger charge is 2.12. The summed E-state index contributed by atoms with van der Waals surface area (Å²) >= 11 is 6.38. The van der Waals surface area contributed by atoms with E-state index in [0.29, 0.717) is 29.7 Å². The lowest BCUT2D eigenvalue weighted by atomic mass is 10.2. The molecule has 3 rings (SSSR count). The summed E-state index contributed by atoms with van der Waals surface area (Å²) in [7, 11) is 0. The summed E-state index contributed by atoms with van der Waals surface area (Å²) in [6, 6.07) is 11.5. The number of halogens is 1. The van der Waals surface area contributed by atoms with E-state index in [1.165, 1.54) is 0 Å². The molecule has 0 fully saturated rings. The van der Waals surface area contributed by atoms with Crippen molar-refractivity contribution in [1.29, 1.82) is 0 Å². The monoisotopic (exact) mass is 357 g/mol. The summed E-state index contributed by atoms with van der Waals surface area (Å²) in [6.07, 6.45) is 4.32. The standard InChI is InChI=1S/C19H20ClN3O2/c1-3-9-25-19-15(20)10-14(11-18(19)24-4-2)12-22-23-13-21-16-7-5-6-8-17(16)23/h5-8,10-13H,3-4,9H2,1-2H3/b22-12-. The fourth-order valence-corrected chi connectivity index (χ4v) is 2.71. The fraction of sp³-hybridized carbons (Fsp3) is 0.263. The van der Waals surface area contributed by atoms with Crippen molar-refractivity contribution >= 4 is 28.8 Å². The Hall–Kier alpha value is -2.53. The van der Waals surface area contributed by atoms with Gasteiger partial charge in [0.05, 0.1) is 35.5 Å². The lowest BCUT2D eigenvalue weighted by molar-refractivity contribution is 0.277. The van der Waals surface area contributed by atoms with Crippen LogP contribution < -0.4 is 9.47 Å². The van der Waals surface area contributed by atoms with Gasteiger partial charge in [-0.15, -0.1) is 0 Å². The number of ether oxygens (including phenoxy) is 2. The quantitative estimate of drug-likeness (QED) is 0.573. The van der Waals surface area contributed by atoms with E-state index in [1.807, 2.05) is 50.2 Å². The molecule has 0 radical (unpaired) electrons. The van der Waals surface area contributed by atoms with Gasteiger partial charge in [-0.3, -0.25) is 0 Å². The maximum absolute atomic E-state index is 6.38. The topological polar surface area (TPSA) is 48.6 Å². The van der Waals surface area contributed by atoms with Crippen LogP contribution in [0.15, 0.2) is 47.8 Å². The van der Waals surface area contributed by atoms with Gasteiger partial charge in [0.1, 0.15) is 6.33 Å². The first-order valence-corrected chi connectivity index (χ1v) is 8.66. The molecular formula is C19H20ClN3O2. The Kier molecular flexibility index (Phi) is 5.56. The molecular weight excluding hydrogens is 338 g/mol. The predicted octanol–water partition coefficient (Wildman–Crippen LogP) is 4.76. The van der Waals surface area contributed by atoms with Gasteiger partial charge in [-0.05, 0) is 43.2 Å². The maximum Gasteiger partial charge on any atom is 0.179 e. The highest BCUT2D eigenvalue weighted by Crippen LogP contribution is 2.36. The van der Waals surface area contributed by atoms with Gasteiger partial charge >= 0.3 is 0 Å². The van der Waals surface area contributed by atoms with E-state index < -0.39 is 0 Å². The zero-order valence-electron chi connectivity index (χ0n) is 14.3. The molecule has 0 unspecified atom stereocenters. The van der Waals surface area contributed by atoms with Gasteiger partial charge in [0.15, 0.2) is 11.5 Å². The summed E-state index contributed by atoms with van der Waals surface area (Å²) in [4.78, 5) is 4.32. The zero-order valence-corrected chi connectivity index (χ0v) is 15.0. The minimum atomic E-state index is 0.510. The molecule has 2 aromatic carbocycles. The van der Waals surface area contributed by atoms with Crippen molar-refractivity contribution in [1.82, 2.24) is 9.66 Å². The number of hydrogen-bond acceptors (Lipinski definition) is 4. The van der Waals surface area contributed by atoms with Crippen molar-refractivity contribution in [2.24, 2.45) is 5.10 Å². The van der Waals surface area contributed by atoms with E-state index in [2.05, 4.69) is 10.1 Å². The molecule has 1 aromatic heterocycles. The number of aromatic nitrogens is 2. The maximum atomic E-state index is 6.38. The SMILES string of the molecule is CCCOc1c(Cl)cc(/C=N\n2cnc3ccccc32)cc1OCC. The van der Waals surface area contributed by atoms with E-state index in [1.54, 1.807) is 17.2 Å². The molecule has 25 heavy (non-hydrogen) atoms. The Morgan fingerprint density at radius 2 is 2.04 bits per heavy atom. The van der Waals surface area contributed by atoms with Gasteiger partial charge in [-0.1, -0.05) is 30.7 Å². The van der Waals surface area contributed by atoms with Gasteiger partial charge < -0.3 is 9.47 Å². The van der Waals surface area contributed by atoms with Crippen molar-refractivity contribution in [3.05, 3.63) is 53.3 Å². The van der Waals surface area contributed by atoms with Crippen LogP contribution in [0, 0.1) is 0 Å². The average Bonchev–Trinajstić information content (AvgIpc) is 3.03. The number of hydrogen-bond donors (Lipinski definition) is 0. The van der Waals surface area contributed by atoms with E-state index >= 15 is 0 Å².